The van der Waals surface area contributed by atoms with E-state index in [9.17, 15) is 0 Å². The van der Waals surface area contributed by atoms with E-state index < -0.39 is 0 Å². The first-order valence-electron chi connectivity index (χ1n) is 7.59. The molecule has 3 aromatic rings. The maximum Gasteiger partial charge on any atom is 0.137 e. The highest BCUT2D eigenvalue weighted by atomic mass is 16.5. The molecule has 0 saturated heterocycles. The summed E-state index contributed by atoms with van der Waals surface area (Å²) in [5.74, 6) is 0.872. The van der Waals surface area contributed by atoms with Gasteiger partial charge in [-0.05, 0) is 23.3 Å². The molecular weight excluding hydrogens is 288 g/mol. The Labute approximate surface area is 135 Å². The van der Waals surface area contributed by atoms with Crippen molar-refractivity contribution in [2.75, 3.05) is 7.11 Å². The Morgan fingerprint density at radius 2 is 2.00 bits per heavy atom. The number of rotatable bonds is 7. The fourth-order valence-corrected chi connectivity index (χ4v) is 2.51. The van der Waals surface area contributed by atoms with Gasteiger partial charge in [0.2, 0.25) is 0 Å². The first kappa shape index (κ1) is 15.2. The third-order valence-corrected chi connectivity index (χ3v) is 3.72. The van der Waals surface area contributed by atoms with Crippen LogP contribution in [-0.2, 0) is 13.1 Å². The molecule has 0 bridgehead atoms. The van der Waals surface area contributed by atoms with E-state index in [0.717, 1.165) is 18.8 Å². The average Bonchev–Trinajstić information content (AvgIpc) is 3.12. The summed E-state index contributed by atoms with van der Waals surface area (Å²) >= 11 is 0. The summed E-state index contributed by atoms with van der Waals surface area (Å²) in [6.07, 6.45) is 3.30. The van der Waals surface area contributed by atoms with Crippen LogP contribution in [0.2, 0.25) is 0 Å². The number of methoxy groups -OCH3 is 1. The van der Waals surface area contributed by atoms with Crippen molar-refractivity contribution >= 4 is 0 Å². The average molecular weight is 308 g/mol. The van der Waals surface area contributed by atoms with Gasteiger partial charge in [-0.25, -0.2) is 4.98 Å². The number of nitrogens with zero attached hydrogens (tertiary/aromatic N) is 3. The predicted octanol–water partition coefficient (Wildman–Crippen LogP) is 2.82. The van der Waals surface area contributed by atoms with Crippen LogP contribution < -0.4 is 10.1 Å². The van der Waals surface area contributed by atoms with E-state index in [0.29, 0.717) is 0 Å². The smallest absolute Gasteiger partial charge is 0.137 e. The lowest BCUT2D eigenvalue weighted by Gasteiger charge is -2.19. The second-order valence-electron chi connectivity index (χ2n) is 5.31. The van der Waals surface area contributed by atoms with Gasteiger partial charge in [0, 0.05) is 6.54 Å². The zero-order chi connectivity index (χ0) is 15.9. The van der Waals surface area contributed by atoms with E-state index in [2.05, 4.69) is 45.7 Å². The van der Waals surface area contributed by atoms with Crippen molar-refractivity contribution in [3.63, 3.8) is 0 Å². The molecule has 0 radical (unpaired) electrons. The van der Waals surface area contributed by atoms with Gasteiger partial charge in [-0.2, -0.15) is 5.10 Å². The number of benzene rings is 2. The second-order valence-corrected chi connectivity index (χ2v) is 5.31. The molecule has 0 aliphatic rings. The maximum absolute atomic E-state index is 5.28. The van der Waals surface area contributed by atoms with E-state index in [1.807, 2.05) is 28.9 Å². The van der Waals surface area contributed by atoms with Crippen molar-refractivity contribution in [1.29, 1.82) is 0 Å². The molecule has 0 amide bonds. The quantitative estimate of drug-likeness (QED) is 0.729. The van der Waals surface area contributed by atoms with Gasteiger partial charge in [0.25, 0.3) is 0 Å². The third-order valence-electron chi connectivity index (χ3n) is 3.72. The predicted molar refractivity (Wildman–Crippen MR) is 89.0 cm³/mol. The van der Waals surface area contributed by atoms with E-state index >= 15 is 0 Å². The van der Waals surface area contributed by atoms with Gasteiger partial charge in [0.15, 0.2) is 0 Å². The highest BCUT2D eigenvalue weighted by Crippen LogP contribution is 2.17. The number of hydrogen-bond donors (Lipinski definition) is 1. The molecule has 1 aromatic heterocycles. The molecule has 5 heteroatoms. The minimum atomic E-state index is 0.157. The molecule has 118 valence electrons. The van der Waals surface area contributed by atoms with Gasteiger partial charge >= 0.3 is 0 Å². The Morgan fingerprint density at radius 1 is 1.13 bits per heavy atom. The van der Waals surface area contributed by atoms with Gasteiger partial charge < -0.3 is 10.1 Å². The lowest BCUT2D eigenvalue weighted by Crippen LogP contribution is -2.25. The third kappa shape index (κ3) is 4.17. The molecule has 0 unspecified atom stereocenters. The molecule has 0 aliphatic heterocycles. The zero-order valence-electron chi connectivity index (χ0n) is 13.1. The summed E-state index contributed by atoms with van der Waals surface area (Å²) in [5, 5.41) is 7.81. The minimum absolute atomic E-state index is 0.157. The van der Waals surface area contributed by atoms with Crippen LogP contribution in [0.1, 0.15) is 17.2 Å². The van der Waals surface area contributed by atoms with Gasteiger partial charge in [-0.1, -0.05) is 42.5 Å². The van der Waals surface area contributed by atoms with Crippen molar-refractivity contribution in [1.82, 2.24) is 20.1 Å². The lowest BCUT2D eigenvalue weighted by atomic mass is 10.1. The maximum atomic E-state index is 5.28. The van der Waals surface area contributed by atoms with Crippen LogP contribution >= 0.6 is 0 Å². The van der Waals surface area contributed by atoms with Crippen molar-refractivity contribution in [2.45, 2.75) is 19.1 Å². The second kappa shape index (κ2) is 7.56. The largest absolute Gasteiger partial charge is 0.497 e. The van der Waals surface area contributed by atoms with Crippen LogP contribution in [0.3, 0.4) is 0 Å². The standard InChI is InChI=1S/C18H20N4O/c1-23-17-9-5-6-15(10-17)11-20-18(12-22-14-19-13-21-22)16-7-3-2-4-8-16/h2-10,13-14,18,20H,11-12H2,1H3/t18-/m1/s1. The molecule has 3 rings (SSSR count). The summed E-state index contributed by atoms with van der Waals surface area (Å²) in [6, 6.07) is 18.6. The molecule has 1 atom stereocenters. The summed E-state index contributed by atoms with van der Waals surface area (Å²) in [7, 11) is 1.68. The van der Waals surface area contributed by atoms with Crippen LogP contribution in [0.5, 0.6) is 5.75 Å². The summed E-state index contributed by atoms with van der Waals surface area (Å²) in [5.41, 5.74) is 2.41. The van der Waals surface area contributed by atoms with E-state index in [1.54, 1.807) is 19.8 Å². The normalized spacial score (nSPS) is 12.0. The van der Waals surface area contributed by atoms with Gasteiger partial charge in [0.05, 0.1) is 19.7 Å². The van der Waals surface area contributed by atoms with Crippen molar-refractivity contribution in [3.05, 3.63) is 78.4 Å². The first-order chi connectivity index (χ1) is 11.3. The SMILES string of the molecule is COc1cccc(CN[C@H](Cn2cncn2)c2ccccc2)c1. The minimum Gasteiger partial charge on any atom is -0.497 e. The Hall–Kier alpha value is -2.66. The van der Waals surface area contributed by atoms with Gasteiger partial charge in [-0.15, -0.1) is 0 Å². The highest BCUT2D eigenvalue weighted by molar-refractivity contribution is 5.28. The Kier molecular flexibility index (Phi) is 5.01. The Morgan fingerprint density at radius 3 is 2.74 bits per heavy atom. The monoisotopic (exact) mass is 308 g/mol. The topological polar surface area (TPSA) is 52.0 Å². The fourth-order valence-electron chi connectivity index (χ4n) is 2.51. The van der Waals surface area contributed by atoms with Crippen LogP contribution in [0, 0.1) is 0 Å². The van der Waals surface area contributed by atoms with Crippen LogP contribution in [0.15, 0.2) is 67.3 Å². The van der Waals surface area contributed by atoms with Gasteiger partial charge in [-0.3, -0.25) is 4.68 Å². The molecule has 1 N–H and O–H groups in total. The molecule has 2 aromatic carbocycles. The summed E-state index contributed by atoms with van der Waals surface area (Å²) in [6.45, 7) is 1.49. The van der Waals surface area contributed by atoms with E-state index in [-0.39, 0.29) is 6.04 Å². The van der Waals surface area contributed by atoms with Crippen molar-refractivity contribution in [2.24, 2.45) is 0 Å². The number of ether oxygens (including phenoxy) is 1. The number of aromatic nitrogens is 3. The molecule has 0 aliphatic carbocycles. The molecule has 0 fully saturated rings. The van der Waals surface area contributed by atoms with E-state index in [4.69, 9.17) is 4.74 Å². The van der Waals surface area contributed by atoms with Crippen LogP contribution in [0.4, 0.5) is 0 Å². The first-order valence-corrected chi connectivity index (χ1v) is 7.59. The molecule has 23 heavy (non-hydrogen) atoms. The molecule has 0 saturated carbocycles. The fraction of sp³-hybridized carbons (Fsp3) is 0.222. The zero-order valence-corrected chi connectivity index (χ0v) is 13.1. The van der Waals surface area contributed by atoms with Gasteiger partial charge in [0.1, 0.15) is 18.4 Å². The Bertz CT molecular complexity index is 713. The number of hydrogen-bond acceptors (Lipinski definition) is 4. The molecule has 1 heterocycles. The Balaban J connectivity index is 1.73. The van der Waals surface area contributed by atoms with Crippen LogP contribution in [0.25, 0.3) is 0 Å². The van der Waals surface area contributed by atoms with Crippen LogP contribution in [-0.4, -0.2) is 21.9 Å². The highest BCUT2D eigenvalue weighted by Gasteiger charge is 2.12. The van der Waals surface area contributed by atoms with Crippen molar-refractivity contribution < 1.29 is 4.74 Å². The lowest BCUT2D eigenvalue weighted by molar-refractivity contribution is 0.412. The summed E-state index contributed by atoms with van der Waals surface area (Å²) in [4.78, 5) is 4.02. The molecule has 0 spiro atoms. The summed E-state index contributed by atoms with van der Waals surface area (Å²) < 4.78 is 7.12. The molecular formula is C18H20N4O. The van der Waals surface area contributed by atoms with E-state index in [1.165, 1.54) is 11.1 Å². The van der Waals surface area contributed by atoms with Crippen molar-refractivity contribution in [3.8, 4) is 5.75 Å². The number of nitrogens with one attached hydrogen (secondary N) is 1. The molecule has 5 nitrogen and oxygen atoms in total.